The van der Waals surface area contributed by atoms with Gasteiger partial charge >= 0.3 is 5.97 Å². The molecule has 3 aromatic rings. The van der Waals surface area contributed by atoms with Crippen LogP contribution >= 0.6 is 11.6 Å². The molecule has 0 unspecified atom stereocenters. The van der Waals surface area contributed by atoms with Gasteiger partial charge in [-0.15, -0.1) is 0 Å². The Morgan fingerprint density at radius 3 is 2.47 bits per heavy atom. The van der Waals surface area contributed by atoms with Crippen LogP contribution in [-0.2, 0) is 6.61 Å². The Balaban J connectivity index is 1.47. The standard InChI is InChI=1S/C28H27ClO5/c1-17-26(12-10-22(27(17)31)25(30)14-18-5-2-3-6-18)34-16-19-7-4-8-20(13-19)21-9-11-24(29)23(15-21)28(32)33/h4,7-13,15,18,31H,2-3,5-6,14,16H2,1H3,(H,32,33). The molecular formula is C28H27ClO5. The Hall–Kier alpha value is -3.31. The minimum Gasteiger partial charge on any atom is -0.507 e. The third-order valence-electron chi connectivity index (χ3n) is 6.48. The lowest BCUT2D eigenvalue weighted by Gasteiger charge is -2.14. The summed E-state index contributed by atoms with van der Waals surface area (Å²) in [5, 5.41) is 20.2. The molecular weight excluding hydrogens is 452 g/mol. The first kappa shape index (κ1) is 23.8. The van der Waals surface area contributed by atoms with Crippen LogP contribution in [0.2, 0.25) is 5.02 Å². The predicted molar refractivity (Wildman–Crippen MR) is 132 cm³/mol. The summed E-state index contributed by atoms with van der Waals surface area (Å²) in [5.41, 5.74) is 3.40. The lowest BCUT2D eigenvalue weighted by atomic mass is 9.95. The monoisotopic (exact) mass is 478 g/mol. The van der Waals surface area contributed by atoms with Gasteiger partial charge in [-0.25, -0.2) is 4.79 Å². The maximum atomic E-state index is 12.7. The molecule has 6 heteroatoms. The second-order valence-corrected chi connectivity index (χ2v) is 9.26. The Labute approximate surface area is 204 Å². The Kier molecular flexibility index (Phi) is 7.23. The van der Waals surface area contributed by atoms with Crippen LogP contribution in [0.1, 0.15) is 63.9 Å². The summed E-state index contributed by atoms with van der Waals surface area (Å²) in [6.45, 7) is 2.00. The van der Waals surface area contributed by atoms with Gasteiger partial charge in [0.2, 0.25) is 0 Å². The van der Waals surface area contributed by atoms with E-state index in [0.717, 1.165) is 29.5 Å². The summed E-state index contributed by atoms with van der Waals surface area (Å²) < 4.78 is 5.96. The van der Waals surface area contributed by atoms with Gasteiger partial charge in [-0.1, -0.05) is 61.5 Å². The highest BCUT2D eigenvalue weighted by atomic mass is 35.5. The maximum absolute atomic E-state index is 12.7. The molecule has 0 bridgehead atoms. The molecule has 1 saturated carbocycles. The number of ether oxygens (including phenoxy) is 1. The zero-order valence-corrected chi connectivity index (χ0v) is 19.8. The average molecular weight is 479 g/mol. The molecule has 5 nitrogen and oxygen atoms in total. The number of rotatable bonds is 8. The number of aromatic hydroxyl groups is 1. The fourth-order valence-corrected chi connectivity index (χ4v) is 4.72. The highest BCUT2D eigenvalue weighted by Gasteiger charge is 2.22. The van der Waals surface area contributed by atoms with E-state index in [0.29, 0.717) is 29.2 Å². The number of hydrogen-bond donors (Lipinski definition) is 2. The van der Waals surface area contributed by atoms with Crippen molar-refractivity contribution in [3.8, 4) is 22.6 Å². The van der Waals surface area contributed by atoms with Crippen molar-refractivity contribution in [1.29, 1.82) is 0 Å². The molecule has 0 atom stereocenters. The minimum absolute atomic E-state index is 0.0170. The SMILES string of the molecule is Cc1c(OCc2cccc(-c3ccc(Cl)c(C(=O)O)c3)c2)ccc(C(=O)CC2CCCC2)c1O. The van der Waals surface area contributed by atoms with Gasteiger partial charge < -0.3 is 14.9 Å². The first-order chi connectivity index (χ1) is 16.3. The number of benzene rings is 3. The third-order valence-corrected chi connectivity index (χ3v) is 6.81. The first-order valence-corrected chi connectivity index (χ1v) is 11.8. The highest BCUT2D eigenvalue weighted by Crippen LogP contribution is 2.35. The number of halogens is 1. The Bertz CT molecular complexity index is 1230. The van der Waals surface area contributed by atoms with Gasteiger partial charge in [0, 0.05) is 12.0 Å². The van der Waals surface area contributed by atoms with Crippen molar-refractivity contribution < 1.29 is 24.5 Å². The number of carboxylic acid groups (broad SMARTS) is 1. The van der Waals surface area contributed by atoms with E-state index in [1.165, 1.54) is 12.8 Å². The summed E-state index contributed by atoms with van der Waals surface area (Å²) >= 11 is 5.99. The number of carboxylic acids is 1. The lowest BCUT2D eigenvalue weighted by molar-refractivity contribution is 0.0696. The molecule has 0 spiro atoms. The van der Waals surface area contributed by atoms with Gasteiger partial charge in [0.25, 0.3) is 0 Å². The molecule has 3 aromatic carbocycles. The van der Waals surface area contributed by atoms with Crippen molar-refractivity contribution in [3.63, 3.8) is 0 Å². The zero-order chi connectivity index (χ0) is 24.2. The molecule has 0 heterocycles. The van der Waals surface area contributed by atoms with Gasteiger partial charge in [0.05, 0.1) is 16.1 Å². The first-order valence-electron chi connectivity index (χ1n) is 11.4. The number of phenolic OH excluding ortho intramolecular Hbond substituents is 1. The number of aromatic carboxylic acids is 1. The summed E-state index contributed by atoms with van der Waals surface area (Å²) in [7, 11) is 0. The fraction of sp³-hybridized carbons (Fsp3) is 0.286. The quantitative estimate of drug-likeness (QED) is 0.338. The van der Waals surface area contributed by atoms with Crippen LogP contribution in [0.15, 0.2) is 54.6 Å². The van der Waals surface area contributed by atoms with Crippen molar-refractivity contribution >= 4 is 23.4 Å². The van der Waals surface area contributed by atoms with Crippen LogP contribution in [0.25, 0.3) is 11.1 Å². The number of Topliss-reactive ketones (excluding diaryl/α,β-unsaturated/α-hetero) is 1. The summed E-state index contributed by atoms with van der Waals surface area (Å²) in [6.07, 6.45) is 5.00. The van der Waals surface area contributed by atoms with Crippen LogP contribution in [0.4, 0.5) is 0 Å². The molecule has 0 aromatic heterocycles. The third kappa shape index (κ3) is 5.26. The minimum atomic E-state index is -1.08. The van der Waals surface area contributed by atoms with Gasteiger partial charge in [0.1, 0.15) is 18.1 Å². The van der Waals surface area contributed by atoms with Gasteiger partial charge in [-0.05, 0) is 59.9 Å². The number of carbonyl (C=O) groups is 2. The molecule has 34 heavy (non-hydrogen) atoms. The van der Waals surface area contributed by atoms with E-state index in [9.17, 15) is 19.8 Å². The fourth-order valence-electron chi connectivity index (χ4n) is 4.52. The molecule has 0 saturated heterocycles. The smallest absolute Gasteiger partial charge is 0.337 e. The van der Waals surface area contributed by atoms with E-state index in [1.807, 2.05) is 24.3 Å². The average Bonchev–Trinajstić information content (AvgIpc) is 3.33. The van der Waals surface area contributed by atoms with Gasteiger partial charge in [-0.3, -0.25) is 4.79 Å². The van der Waals surface area contributed by atoms with Gasteiger partial charge in [-0.2, -0.15) is 0 Å². The molecule has 0 radical (unpaired) electrons. The van der Waals surface area contributed by atoms with E-state index in [4.69, 9.17) is 16.3 Å². The van der Waals surface area contributed by atoms with Crippen LogP contribution in [0.3, 0.4) is 0 Å². The van der Waals surface area contributed by atoms with Crippen LogP contribution < -0.4 is 4.74 Å². The normalized spacial score (nSPS) is 13.7. The second kappa shape index (κ2) is 10.3. The van der Waals surface area contributed by atoms with Crippen LogP contribution in [0, 0.1) is 12.8 Å². The summed E-state index contributed by atoms with van der Waals surface area (Å²) in [4.78, 5) is 24.1. The molecule has 1 aliphatic carbocycles. The molecule has 1 aliphatic rings. The molecule has 4 rings (SSSR count). The maximum Gasteiger partial charge on any atom is 0.337 e. The zero-order valence-electron chi connectivity index (χ0n) is 19.0. The molecule has 0 aliphatic heterocycles. The molecule has 0 amide bonds. The summed E-state index contributed by atoms with van der Waals surface area (Å²) in [6, 6.07) is 15.9. The largest absolute Gasteiger partial charge is 0.507 e. The van der Waals surface area contributed by atoms with E-state index in [2.05, 4.69) is 0 Å². The van der Waals surface area contributed by atoms with Gasteiger partial charge in [0.15, 0.2) is 5.78 Å². The Morgan fingerprint density at radius 2 is 1.74 bits per heavy atom. The number of ketones is 1. The molecule has 1 fully saturated rings. The predicted octanol–water partition coefficient (Wildman–Crippen LogP) is 7.06. The lowest BCUT2D eigenvalue weighted by Crippen LogP contribution is -2.07. The highest BCUT2D eigenvalue weighted by molar-refractivity contribution is 6.33. The van der Waals surface area contributed by atoms with Crippen molar-refractivity contribution in [3.05, 3.63) is 81.9 Å². The van der Waals surface area contributed by atoms with Crippen molar-refractivity contribution in [2.45, 2.75) is 45.6 Å². The van der Waals surface area contributed by atoms with Crippen LogP contribution in [0.5, 0.6) is 11.5 Å². The summed E-state index contributed by atoms with van der Waals surface area (Å²) in [5.74, 6) is -0.179. The Morgan fingerprint density at radius 1 is 1.00 bits per heavy atom. The number of hydrogen-bond acceptors (Lipinski definition) is 4. The number of phenols is 1. The van der Waals surface area contributed by atoms with Crippen molar-refractivity contribution in [1.82, 2.24) is 0 Å². The van der Waals surface area contributed by atoms with E-state index in [1.54, 1.807) is 37.3 Å². The van der Waals surface area contributed by atoms with Crippen molar-refractivity contribution in [2.24, 2.45) is 5.92 Å². The molecule has 2 N–H and O–H groups in total. The van der Waals surface area contributed by atoms with Crippen molar-refractivity contribution in [2.75, 3.05) is 0 Å². The van der Waals surface area contributed by atoms with E-state index >= 15 is 0 Å². The van der Waals surface area contributed by atoms with E-state index in [-0.39, 0.29) is 28.7 Å². The number of carbonyl (C=O) groups excluding carboxylic acids is 1. The second-order valence-electron chi connectivity index (χ2n) is 8.85. The van der Waals surface area contributed by atoms with E-state index < -0.39 is 5.97 Å². The topological polar surface area (TPSA) is 83.8 Å². The molecule has 176 valence electrons. The van der Waals surface area contributed by atoms with Crippen LogP contribution in [-0.4, -0.2) is 22.0 Å².